The number of hydrogen-bond acceptors (Lipinski definition) is 6. The molecule has 3 amide bonds. The molecule has 8 nitrogen and oxygen atoms in total. The van der Waals surface area contributed by atoms with Crippen molar-refractivity contribution in [1.29, 1.82) is 5.26 Å². The number of amides is 3. The van der Waals surface area contributed by atoms with Crippen LogP contribution in [0.1, 0.15) is 53.3 Å². The molecule has 0 spiro atoms. The van der Waals surface area contributed by atoms with Gasteiger partial charge in [0.15, 0.2) is 0 Å². The van der Waals surface area contributed by atoms with Gasteiger partial charge in [-0.2, -0.15) is 5.26 Å². The predicted molar refractivity (Wildman–Crippen MR) is 144 cm³/mol. The summed E-state index contributed by atoms with van der Waals surface area (Å²) in [5, 5.41) is 16.3. The Morgan fingerprint density at radius 3 is 2.86 bits per heavy atom. The minimum absolute atomic E-state index is 0.0475. The van der Waals surface area contributed by atoms with Crippen LogP contribution >= 0.6 is 11.3 Å². The molecule has 1 aliphatic rings. The highest BCUT2D eigenvalue weighted by Gasteiger charge is 2.28. The van der Waals surface area contributed by atoms with Crippen LogP contribution in [-0.4, -0.2) is 41.5 Å². The number of urea groups is 1. The van der Waals surface area contributed by atoms with E-state index in [2.05, 4.69) is 21.7 Å². The average molecular weight is 518 g/mol. The van der Waals surface area contributed by atoms with Crippen LogP contribution in [0.3, 0.4) is 0 Å². The van der Waals surface area contributed by atoms with E-state index in [1.54, 1.807) is 17.3 Å². The highest BCUT2D eigenvalue weighted by molar-refractivity contribution is 7.16. The van der Waals surface area contributed by atoms with Crippen molar-refractivity contribution in [2.24, 2.45) is 0 Å². The number of carbonyl (C=O) groups excluding carboxylic acids is 2. The lowest BCUT2D eigenvalue weighted by Gasteiger charge is -2.27. The number of thiophene rings is 1. The summed E-state index contributed by atoms with van der Waals surface area (Å²) in [7, 11) is 0. The van der Waals surface area contributed by atoms with E-state index < -0.39 is 0 Å². The first-order chi connectivity index (χ1) is 18.0. The van der Waals surface area contributed by atoms with Gasteiger partial charge < -0.3 is 20.3 Å². The fourth-order valence-electron chi connectivity index (χ4n) is 4.50. The third kappa shape index (κ3) is 6.46. The smallest absolute Gasteiger partial charge is 0.317 e. The van der Waals surface area contributed by atoms with E-state index in [1.807, 2.05) is 50.2 Å². The van der Waals surface area contributed by atoms with Crippen LogP contribution in [0.2, 0.25) is 0 Å². The Labute approximate surface area is 221 Å². The number of anilines is 1. The van der Waals surface area contributed by atoms with Gasteiger partial charge in [0.25, 0.3) is 0 Å². The molecule has 0 radical (unpaired) electrons. The van der Waals surface area contributed by atoms with Crippen LogP contribution in [0.25, 0.3) is 0 Å². The lowest BCUT2D eigenvalue weighted by Crippen LogP contribution is -2.43. The summed E-state index contributed by atoms with van der Waals surface area (Å²) in [5.74, 6) is 0.584. The molecule has 4 rings (SSSR count). The first-order valence-corrected chi connectivity index (χ1v) is 13.3. The molecule has 1 atom stereocenters. The van der Waals surface area contributed by atoms with Gasteiger partial charge in [-0.15, -0.1) is 11.3 Å². The molecular weight excluding hydrogens is 486 g/mol. The van der Waals surface area contributed by atoms with E-state index in [4.69, 9.17) is 4.74 Å². The number of hydrogen-bond donors (Lipinski definition) is 2. The number of rotatable bonds is 9. The maximum Gasteiger partial charge on any atom is 0.317 e. The number of carbonyl (C=O) groups is 2. The van der Waals surface area contributed by atoms with Gasteiger partial charge in [-0.1, -0.05) is 31.2 Å². The molecule has 0 saturated heterocycles. The molecule has 1 aromatic carbocycles. The lowest BCUT2D eigenvalue weighted by atomic mass is 9.96. The molecule has 1 unspecified atom stereocenters. The van der Waals surface area contributed by atoms with E-state index in [0.29, 0.717) is 49.6 Å². The van der Waals surface area contributed by atoms with Crippen LogP contribution < -0.4 is 15.4 Å². The molecule has 3 aromatic rings. The zero-order valence-corrected chi connectivity index (χ0v) is 21.9. The van der Waals surface area contributed by atoms with Gasteiger partial charge in [0.1, 0.15) is 16.8 Å². The summed E-state index contributed by atoms with van der Waals surface area (Å²) in [6, 6.07) is 13.7. The zero-order chi connectivity index (χ0) is 26.2. The Bertz CT molecular complexity index is 1280. The summed E-state index contributed by atoms with van der Waals surface area (Å²) < 4.78 is 5.71. The number of aromatic nitrogens is 1. The number of ether oxygens (including phenoxy) is 1. The SMILES string of the molecule is CCOc1ccccc1C(C)CC(=O)Nc1sc2c(c1C#N)CCN(C(=O)NCCc1cccnc1)C2. The third-order valence-corrected chi connectivity index (χ3v) is 7.50. The van der Waals surface area contributed by atoms with Crippen molar-refractivity contribution in [2.45, 2.75) is 45.6 Å². The Balaban J connectivity index is 1.36. The number of para-hydroxylation sites is 1. The molecule has 37 heavy (non-hydrogen) atoms. The van der Waals surface area contributed by atoms with Crippen LogP contribution in [0.15, 0.2) is 48.8 Å². The number of pyridine rings is 1. The van der Waals surface area contributed by atoms with Gasteiger partial charge in [-0.05, 0) is 54.5 Å². The lowest BCUT2D eigenvalue weighted by molar-refractivity contribution is -0.116. The maximum absolute atomic E-state index is 12.9. The minimum atomic E-state index is -0.154. The second-order valence-corrected chi connectivity index (χ2v) is 10.1. The summed E-state index contributed by atoms with van der Waals surface area (Å²) in [6.45, 7) is 5.95. The Morgan fingerprint density at radius 1 is 1.27 bits per heavy atom. The van der Waals surface area contributed by atoms with Crippen molar-refractivity contribution >= 4 is 28.3 Å². The second kappa shape index (κ2) is 12.4. The van der Waals surface area contributed by atoms with E-state index in [1.165, 1.54) is 11.3 Å². The monoisotopic (exact) mass is 517 g/mol. The quantitative estimate of drug-likeness (QED) is 0.422. The van der Waals surface area contributed by atoms with Crippen molar-refractivity contribution < 1.29 is 14.3 Å². The molecule has 192 valence electrons. The molecular formula is C28H31N5O3S. The summed E-state index contributed by atoms with van der Waals surface area (Å²) in [5.41, 5.74) is 3.48. The van der Waals surface area contributed by atoms with Crippen molar-refractivity contribution in [3.8, 4) is 11.8 Å². The molecule has 0 bridgehead atoms. The molecule has 2 N–H and O–H groups in total. The fraction of sp³-hybridized carbons (Fsp3) is 0.357. The Morgan fingerprint density at radius 2 is 2.11 bits per heavy atom. The summed E-state index contributed by atoms with van der Waals surface area (Å²) >= 11 is 1.38. The first-order valence-electron chi connectivity index (χ1n) is 12.5. The van der Waals surface area contributed by atoms with Gasteiger partial charge >= 0.3 is 6.03 Å². The number of nitrogens with one attached hydrogen (secondary N) is 2. The van der Waals surface area contributed by atoms with Gasteiger partial charge in [-0.25, -0.2) is 4.79 Å². The number of nitriles is 1. The number of benzene rings is 1. The second-order valence-electron chi connectivity index (χ2n) is 8.96. The molecule has 0 saturated carbocycles. The van der Waals surface area contributed by atoms with Crippen LogP contribution in [0.5, 0.6) is 5.75 Å². The Kier molecular flexibility index (Phi) is 8.75. The largest absolute Gasteiger partial charge is 0.494 e. The van der Waals surface area contributed by atoms with Crippen molar-refractivity contribution in [3.63, 3.8) is 0 Å². The highest BCUT2D eigenvalue weighted by Crippen LogP contribution is 2.37. The van der Waals surface area contributed by atoms with Crippen LogP contribution in [0.4, 0.5) is 9.80 Å². The highest BCUT2D eigenvalue weighted by atomic mass is 32.1. The van der Waals surface area contributed by atoms with E-state index in [-0.39, 0.29) is 24.3 Å². The summed E-state index contributed by atoms with van der Waals surface area (Å²) in [4.78, 5) is 32.4. The Hall–Kier alpha value is -3.90. The maximum atomic E-state index is 12.9. The van der Waals surface area contributed by atoms with E-state index >= 15 is 0 Å². The molecule has 3 heterocycles. The van der Waals surface area contributed by atoms with Gasteiger partial charge in [-0.3, -0.25) is 9.78 Å². The molecule has 1 aliphatic heterocycles. The third-order valence-electron chi connectivity index (χ3n) is 6.36. The first kappa shape index (κ1) is 26.2. The van der Waals surface area contributed by atoms with Gasteiger partial charge in [0.05, 0.1) is 18.7 Å². The number of fused-ring (bicyclic) bond motifs is 1. The zero-order valence-electron chi connectivity index (χ0n) is 21.1. The van der Waals surface area contributed by atoms with E-state index in [9.17, 15) is 14.9 Å². The minimum Gasteiger partial charge on any atom is -0.494 e. The van der Waals surface area contributed by atoms with Gasteiger partial charge in [0.2, 0.25) is 5.91 Å². The molecule has 9 heteroatoms. The normalized spacial score (nSPS) is 13.3. The van der Waals surface area contributed by atoms with Crippen LogP contribution in [0, 0.1) is 11.3 Å². The molecule has 2 aromatic heterocycles. The summed E-state index contributed by atoms with van der Waals surface area (Å²) in [6.07, 6.45) is 5.08. The van der Waals surface area contributed by atoms with Crippen molar-refractivity contribution in [1.82, 2.24) is 15.2 Å². The van der Waals surface area contributed by atoms with E-state index in [0.717, 1.165) is 27.3 Å². The molecule has 0 aliphatic carbocycles. The van der Waals surface area contributed by atoms with Crippen molar-refractivity contribution in [2.75, 3.05) is 25.0 Å². The fourth-order valence-corrected chi connectivity index (χ4v) is 5.72. The topological polar surface area (TPSA) is 107 Å². The standard InChI is InChI=1S/C28H31N5O3S/c1-3-36-24-9-5-4-8-21(24)19(2)15-26(34)32-27-23(16-29)22-11-14-33(18-25(22)37-27)28(35)31-13-10-20-7-6-12-30-17-20/h4-9,12,17,19H,3,10-11,13-15,18H2,1-2H3,(H,31,35)(H,32,34). The van der Waals surface area contributed by atoms with Crippen molar-refractivity contribution in [3.05, 3.63) is 75.9 Å². The number of nitrogens with zero attached hydrogens (tertiary/aromatic N) is 3. The molecule has 0 fully saturated rings. The van der Waals surface area contributed by atoms with Crippen LogP contribution in [-0.2, 0) is 24.2 Å². The predicted octanol–water partition coefficient (Wildman–Crippen LogP) is 4.86. The average Bonchev–Trinajstić information content (AvgIpc) is 3.25. The van der Waals surface area contributed by atoms with Gasteiger partial charge in [0, 0.05) is 36.8 Å².